The number of carboxylic acid groups (broad SMARTS) is 1. The molecule has 0 aliphatic rings. The molecular weight excluding hydrogens is 485 g/mol. The van der Waals surface area contributed by atoms with Crippen LogP contribution < -0.4 is 5.32 Å². The molecule has 38 heavy (non-hydrogen) atoms. The second kappa shape index (κ2) is 10.5. The molecule has 0 saturated carbocycles. The van der Waals surface area contributed by atoms with Crippen molar-refractivity contribution in [2.75, 3.05) is 11.9 Å². The van der Waals surface area contributed by atoms with Crippen molar-refractivity contribution in [3.8, 4) is 22.6 Å². The number of benzene rings is 2. The van der Waals surface area contributed by atoms with Crippen LogP contribution in [0.25, 0.3) is 33.5 Å². The van der Waals surface area contributed by atoms with Crippen LogP contribution in [-0.4, -0.2) is 37.1 Å². The summed E-state index contributed by atoms with van der Waals surface area (Å²) < 4.78 is 22.4. The Labute approximate surface area is 219 Å². The van der Waals surface area contributed by atoms with Crippen molar-refractivity contribution in [1.29, 1.82) is 0 Å². The lowest BCUT2D eigenvalue weighted by Gasteiger charge is -2.11. The molecule has 0 saturated heterocycles. The minimum absolute atomic E-state index is 0.0272. The largest absolute Gasteiger partial charge is 0.481 e. The predicted octanol–water partition coefficient (Wildman–Crippen LogP) is 5.95. The zero-order valence-electron chi connectivity index (χ0n) is 21.5. The maximum absolute atomic E-state index is 14.6. The highest BCUT2D eigenvalue weighted by Crippen LogP contribution is 2.28. The number of halogens is 1. The van der Waals surface area contributed by atoms with Crippen molar-refractivity contribution < 1.29 is 18.7 Å². The molecule has 0 atom stereocenters. The van der Waals surface area contributed by atoms with Crippen LogP contribution in [0.5, 0.6) is 0 Å². The van der Waals surface area contributed by atoms with Gasteiger partial charge < -0.3 is 19.4 Å². The summed E-state index contributed by atoms with van der Waals surface area (Å²) in [6, 6.07) is 15.0. The molecule has 0 aliphatic carbocycles. The van der Waals surface area contributed by atoms with E-state index in [1.165, 1.54) is 12.4 Å². The average Bonchev–Trinajstić information content (AvgIpc) is 3.45. The standard InChI is InChI=1S/C29H28FN5O3/c1-17-4-9-23(30)28-22(17)14-18(2)35(28)13-12-31-25-15-24(32-16-33-25)20-5-7-21(8-6-20)29-19(3)34-26(38-29)10-11-27(36)37/h4-9,14-16H,10-13H2,1-3H3,(H,36,37)(H,31,32,33). The summed E-state index contributed by atoms with van der Waals surface area (Å²) in [6.07, 6.45) is 1.74. The summed E-state index contributed by atoms with van der Waals surface area (Å²) in [4.78, 5) is 23.9. The molecule has 0 bridgehead atoms. The summed E-state index contributed by atoms with van der Waals surface area (Å²) in [5.41, 5.74) is 5.93. The molecule has 5 aromatic rings. The van der Waals surface area contributed by atoms with Gasteiger partial charge in [0.2, 0.25) is 0 Å². The number of hydrogen-bond donors (Lipinski definition) is 2. The van der Waals surface area contributed by atoms with Crippen LogP contribution in [0.15, 0.2) is 59.3 Å². The fraction of sp³-hybridized carbons (Fsp3) is 0.241. The van der Waals surface area contributed by atoms with Gasteiger partial charge in [-0.05, 0) is 38.5 Å². The molecule has 0 radical (unpaired) electrons. The van der Waals surface area contributed by atoms with E-state index in [1.807, 2.05) is 61.7 Å². The van der Waals surface area contributed by atoms with Crippen LogP contribution in [0.4, 0.5) is 10.2 Å². The van der Waals surface area contributed by atoms with Crippen LogP contribution in [0.1, 0.15) is 29.3 Å². The van der Waals surface area contributed by atoms with E-state index in [4.69, 9.17) is 9.52 Å². The van der Waals surface area contributed by atoms with Gasteiger partial charge in [-0.3, -0.25) is 4.79 Å². The van der Waals surface area contributed by atoms with Crippen molar-refractivity contribution >= 4 is 22.7 Å². The molecule has 9 heteroatoms. The van der Waals surface area contributed by atoms with Gasteiger partial charge >= 0.3 is 5.97 Å². The Morgan fingerprint density at radius 3 is 2.58 bits per heavy atom. The Morgan fingerprint density at radius 2 is 1.82 bits per heavy atom. The predicted molar refractivity (Wildman–Crippen MR) is 144 cm³/mol. The lowest BCUT2D eigenvalue weighted by Crippen LogP contribution is -2.13. The number of carboxylic acids is 1. The zero-order chi connectivity index (χ0) is 26.8. The van der Waals surface area contributed by atoms with Gasteiger partial charge in [-0.2, -0.15) is 0 Å². The highest BCUT2D eigenvalue weighted by molar-refractivity contribution is 5.85. The molecule has 2 N–H and O–H groups in total. The Kier molecular flexibility index (Phi) is 6.91. The van der Waals surface area contributed by atoms with Gasteiger partial charge in [0, 0.05) is 47.8 Å². The molecule has 8 nitrogen and oxygen atoms in total. The first-order valence-electron chi connectivity index (χ1n) is 12.4. The number of rotatable bonds is 9. The average molecular weight is 514 g/mol. The number of anilines is 1. The lowest BCUT2D eigenvalue weighted by molar-refractivity contribution is -0.137. The number of hydrogen-bond acceptors (Lipinski definition) is 6. The molecule has 0 aliphatic heterocycles. The van der Waals surface area contributed by atoms with Crippen LogP contribution in [-0.2, 0) is 17.8 Å². The van der Waals surface area contributed by atoms with Crippen molar-refractivity contribution in [2.24, 2.45) is 0 Å². The third-order valence-corrected chi connectivity index (χ3v) is 6.58. The Morgan fingerprint density at radius 1 is 1.05 bits per heavy atom. The number of nitrogens with one attached hydrogen (secondary N) is 1. The maximum Gasteiger partial charge on any atom is 0.303 e. The Balaban J connectivity index is 1.27. The zero-order valence-corrected chi connectivity index (χ0v) is 21.5. The van der Waals surface area contributed by atoms with Crippen molar-refractivity contribution in [1.82, 2.24) is 19.5 Å². The van der Waals surface area contributed by atoms with E-state index in [-0.39, 0.29) is 18.7 Å². The fourth-order valence-electron chi connectivity index (χ4n) is 4.63. The van der Waals surface area contributed by atoms with Gasteiger partial charge in [0.05, 0.1) is 23.3 Å². The monoisotopic (exact) mass is 513 g/mol. The second-order valence-corrected chi connectivity index (χ2v) is 9.27. The molecule has 0 amide bonds. The molecule has 0 spiro atoms. The van der Waals surface area contributed by atoms with Crippen molar-refractivity contribution in [2.45, 2.75) is 40.2 Å². The van der Waals surface area contributed by atoms with E-state index in [0.717, 1.165) is 33.5 Å². The lowest BCUT2D eigenvalue weighted by atomic mass is 10.1. The van der Waals surface area contributed by atoms with E-state index in [9.17, 15) is 9.18 Å². The maximum atomic E-state index is 14.6. The third-order valence-electron chi connectivity index (χ3n) is 6.58. The molecule has 0 unspecified atom stereocenters. The normalized spacial score (nSPS) is 11.3. The first kappa shape index (κ1) is 25.1. The van der Waals surface area contributed by atoms with Gasteiger partial charge in [0.1, 0.15) is 18.0 Å². The van der Waals surface area contributed by atoms with Gasteiger partial charge in [-0.1, -0.05) is 30.3 Å². The van der Waals surface area contributed by atoms with Crippen LogP contribution >= 0.6 is 0 Å². The number of nitrogens with zero attached hydrogens (tertiary/aromatic N) is 4. The molecule has 5 rings (SSSR count). The summed E-state index contributed by atoms with van der Waals surface area (Å²) >= 11 is 0. The van der Waals surface area contributed by atoms with Crippen molar-refractivity contribution in [3.63, 3.8) is 0 Å². The Hall–Kier alpha value is -4.53. The van der Waals surface area contributed by atoms with E-state index in [0.29, 0.717) is 41.8 Å². The van der Waals surface area contributed by atoms with Crippen LogP contribution in [0, 0.1) is 26.6 Å². The Bertz CT molecular complexity index is 1620. The topological polar surface area (TPSA) is 106 Å². The van der Waals surface area contributed by atoms with Gasteiger partial charge in [0.25, 0.3) is 0 Å². The molecule has 3 heterocycles. The van der Waals surface area contributed by atoms with E-state index < -0.39 is 5.97 Å². The number of fused-ring (bicyclic) bond motifs is 1. The molecule has 2 aromatic carbocycles. The molecule has 194 valence electrons. The minimum atomic E-state index is -0.886. The highest BCUT2D eigenvalue weighted by atomic mass is 19.1. The second-order valence-electron chi connectivity index (χ2n) is 9.27. The summed E-state index contributed by atoms with van der Waals surface area (Å²) in [5.74, 6) is 0.614. The number of aromatic nitrogens is 4. The first-order chi connectivity index (χ1) is 18.3. The van der Waals surface area contributed by atoms with Gasteiger partial charge in [0.15, 0.2) is 11.7 Å². The summed E-state index contributed by atoms with van der Waals surface area (Å²) in [7, 11) is 0. The van der Waals surface area contributed by atoms with E-state index in [1.54, 1.807) is 6.07 Å². The van der Waals surface area contributed by atoms with E-state index >= 15 is 0 Å². The fourth-order valence-corrected chi connectivity index (χ4v) is 4.63. The molecule has 0 fully saturated rings. The summed E-state index contributed by atoms with van der Waals surface area (Å²) in [5, 5.41) is 13.2. The minimum Gasteiger partial charge on any atom is -0.481 e. The van der Waals surface area contributed by atoms with Crippen LogP contribution in [0.2, 0.25) is 0 Å². The smallest absolute Gasteiger partial charge is 0.303 e. The number of aryl methyl sites for hydroxylation is 4. The molecular formula is C29H28FN5O3. The SMILES string of the molecule is Cc1nc(CCC(=O)O)oc1-c1ccc(-c2cc(NCCn3c(C)cc4c(C)ccc(F)c43)ncn2)cc1. The summed E-state index contributed by atoms with van der Waals surface area (Å²) in [6.45, 7) is 6.98. The van der Waals surface area contributed by atoms with Gasteiger partial charge in [-0.25, -0.2) is 19.3 Å². The van der Waals surface area contributed by atoms with Crippen LogP contribution in [0.3, 0.4) is 0 Å². The van der Waals surface area contributed by atoms with Gasteiger partial charge in [-0.15, -0.1) is 0 Å². The first-order valence-corrected chi connectivity index (χ1v) is 12.4. The van der Waals surface area contributed by atoms with E-state index in [2.05, 4.69) is 20.3 Å². The quantitative estimate of drug-likeness (QED) is 0.251. The number of carbonyl (C=O) groups is 1. The number of aliphatic carboxylic acids is 1. The number of oxazole rings is 1. The molecule has 3 aromatic heterocycles. The highest BCUT2D eigenvalue weighted by Gasteiger charge is 2.14. The third kappa shape index (κ3) is 5.13. The van der Waals surface area contributed by atoms with Crippen molar-refractivity contribution in [3.05, 3.63) is 83.5 Å².